The molecule has 2 heterocycles. The van der Waals surface area contributed by atoms with Gasteiger partial charge in [-0.3, -0.25) is 24.3 Å². The third-order valence-electron chi connectivity index (χ3n) is 6.20. The van der Waals surface area contributed by atoms with Gasteiger partial charge in [-0.2, -0.15) is 5.10 Å². The molecule has 36 heavy (non-hydrogen) atoms. The van der Waals surface area contributed by atoms with E-state index in [2.05, 4.69) is 15.4 Å². The van der Waals surface area contributed by atoms with Crippen molar-refractivity contribution >= 4 is 33.4 Å². The molecular formula is C26H22N6O4. The molecule has 0 aliphatic rings. The van der Waals surface area contributed by atoms with Crippen molar-refractivity contribution in [2.24, 2.45) is 0 Å². The highest BCUT2D eigenvalue weighted by molar-refractivity contribution is 5.96. The van der Waals surface area contributed by atoms with Crippen LogP contribution in [0.4, 0.5) is 5.69 Å². The molecule has 0 aliphatic heterocycles. The first-order chi connectivity index (χ1) is 17.4. The normalized spacial score (nSPS) is 11.1. The number of fused-ring (bicyclic) bond motifs is 2. The second kappa shape index (κ2) is 9.41. The van der Waals surface area contributed by atoms with E-state index in [1.54, 1.807) is 22.2 Å². The fourth-order valence-electron chi connectivity index (χ4n) is 4.33. The summed E-state index contributed by atoms with van der Waals surface area (Å²) >= 11 is 0. The van der Waals surface area contributed by atoms with Crippen molar-refractivity contribution in [3.8, 4) is 0 Å². The Balaban J connectivity index is 1.32. The zero-order chi connectivity index (χ0) is 25.2. The fourth-order valence-corrected chi connectivity index (χ4v) is 4.33. The van der Waals surface area contributed by atoms with Crippen LogP contribution in [0, 0.1) is 17.0 Å². The molecule has 0 atom stereocenters. The van der Waals surface area contributed by atoms with Crippen LogP contribution in [-0.4, -0.2) is 36.7 Å². The van der Waals surface area contributed by atoms with Crippen molar-refractivity contribution in [1.29, 1.82) is 0 Å². The molecule has 2 aromatic heterocycles. The van der Waals surface area contributed by atoms with Gasteiger partial charge in [0.05, 0.1) is 24.2 Å². The molecule has 0 saturated heterocycles. The lowest BCUT2D eigenvalue weighted by molar-refractivity contribution is -0.385. The summed E-state index contributed by atoms with van der Waals surface area (Å²) < 4.78 is 3.11. The summed E-state index contributed by atoms with van der Waals surface area (Å²) in [5, 5.41) is 20.7. The Labute approximate surface area is 205 Å². The van der Waals surface area contributed by atoms with E-state index in [4.69, 9.17) is 0 Å². The molecular weight excluding hydrogens is 460 g/mol. The number of nitrogens with one attached hydrogen (secondary N) is 1. The Morgan fingerprint density at radius 2 is 1.83 bits per heavy atom. The molecule has 0 bridgehead atoms. The second-order valence-electron chi connectivity index (χ2n) is 8.38. The van der Waals surface area contributed by atoms with Crippen molar-refractivity contribution in [3.63, 3.8) is 0 Å². The molecule has 0 saturated carbocycles. The van der Waals surface area contributed by atoms with Crippen molar-refractivity contribution in [1.82, 2.24) is 24.6 Å². The molecule has 3 aromatic carbocycles. The number of aromatic nitrogens is 4. The summed E-state index contributed by atoms with van der Waals surface area (Å²) in [6.45, 7) is 2.41. The summed E-state index contributed by atoms with van der Waals surface area (Å²) in [5.74, 6) is -0.418. The molecule has 1 amide bonds. The van der Waals surface area contributed by atoms with E-state index in [0.717, 1.165) is 16.3 Å². The van der Waals surface area contributed by atoms with Gasteiger partial charge in [-0.1, -0.05) is 48.5 Å². The summed E-state index contributed by atoms with van der Waals surface area (Å²) in [5.41, 5.74) is 1.68. The maximum absolute atomic E-state index is 13.1. The first-order valence-electron chi connectivity index (χ1n) is 11.3. The monoisotopic (exact) mass is 482 g/mol. The van der Waals surface area contributed by atoms with Gasteiger partial charge in [0.1, 0.15) is 11.7 Å². The van der Waals surface area contributed by atoms with Crippen LogP contribution in [0.1, 0.15) is 21.5 Å². The smallest absolute Gasteiger partial charge is 0.273 e. The number of rotatable bonds is 7. The Morgan fingerprint density at radius 1 is 1.06 bits per heavy atom. The van der Waals surface area contributed by atoms with E-state index in [-0.39, 0.29) is 29.9 Å². The highest BCUT2D eigenvalue weighted by atomic mass is 16.6. The molecule has 5 rings (SSSR count). The van der Waals surface area contributed by atoms with E-state index in [1.807, 2.05) is 42.5 Å². The van der Waals surface area contributed by atoms with Crippen molar-refractivity contribution in [2.45, 2.75) is 20.0 Å². The number of hydrogen-bond donors (Lipinski definition) is 1. The number of nitro groups is 1. The lowest BCUT2D eigenvalue weighted by atomic mass is 10.0. The van der Waals surface area contributed by atoms with Gasteiger partial charge in [-0.15, -0.1) is 0 Å². The van der Waals surface area contributed by atoms with Gasteiger partial charge >= 0.3 is 0 Å². The topological polar surface area (TPSA) is 125 Å². The first kappa shape index (κ1) is 22.9. The van der Waals surface area contributed by atoms with Crippen LogP contribution in [0.2, 0.25) is 0 Å². The molecule has 10 nitrogen and oxygen atoms in total. The predicted octanol–water partition coefficient (Wildman–Crippen LogP) is 3.44. The second-order valence-corrected chi connectivity index (χ2v) is 8.38. The van der Waals surface area contributed by atoms with Crippen LogP contribution in [-0.2, 0) is 13.1 Å². The molecule has 0 fully saturated rings. The highest BCUT2D eigenvalue weighted by Crippen LogP contribution is 2.21. The van der Waals surface area contributed by atoms with Crippen molar-refractivity contribution in [2.75, 3.05) is 6.54 Å². The van der Waals surface area contributed by atoms with E-state index in [0.29, 0.717) is 23.1 Å². The molecule has 0 aliphatic carbocycles. The highest BCUT2D eigenvalue weighted by Gasteiger charge is 2.18. The molecule has 0 spiro atoms. The summed E-state index contributed by atoms with van der Waals surface area (Å²) in [6.07, 6.45) is 2.99. The fraction of sp³-hybridized carbons (Fsp3) is 0.154. The van der Waals surface area contributed by atoms with Gasteiger partial charge in [0.25, 0.3) is 17.2 Å². The van der Waals surface area contributed by atoms with Gasteiger partial charge in [0.2, 0.25) is 0 Å². The molecule has 1 N–H and O–H groups in total. The standard InChI is InChI=1S/C26H22N6O4/c1-17-20(10-5-11-23(17)32(35)36)25(33)27-12-13-31-24-22(14-29-31)26(34)30(16-28-24)15-19-8-4-7-18-6-2-3-9-21(18)19/h2-11,14,16H,12-13,15H2,1H3,(H,27,33). The summed E-state index contributed by atoms with van der Waals surface area (Å²) in [4.78, 5) is 40.8. The minimum atomic E-state index is -0.513. The maximum Gasteiger partial charge on any atom is 0.273 e. The first-order valence-corrected chi connectivity index (χ1v) is 11.3. The zero-order valence-electron chi connectivity index (χ0n) is 19.4. The number of hydrogen-bond acceptors (Lipinski definition) is 6. The zero-order valence-corrected chi connectivity index (χ0v) is 19.4. The Kier molecular flexibility index (Phi) is 5.99. The average molecular weight is 483 g/mol. The summed E-state index contributed by atoms with van der Waals surface area (Å²) in [7, 11) is 0. The van der Waals surface area contributed by atoms with E-state index < -0.39 is 10.8 Å². The van der Waals surface area contributed by atoms with Gasteiger partial charge in [-0.25, -0.2) is 9.67 Å². The van der Waals surface area contributed by atoms with E-state index in [9.17, 15) is 19.7 Å². The van der Waals surface area contributed by atoms with Crippen molar-refractivity contribution in [3.05, 3.63) is 110 Å². The largest absolute Gasteiger partial charge is 0.350 e. The Morgan fingerprint density at radius 3 is 2.67 bits per heavy atom. The predicted molar refractivity (Wildman–Crippen MR) is 135 cm³/mol. The maximum atomic E-state index is 13.1. The van der Waals surface area contributed by atoms with Gasteiger partial charge in [0.15, 0.2) is 5.65 Å². The SMILES string of the molecule is Cc1c(C(=O)NCCn2ncc3c(=O)n(Cc4cccc5ccccc45)cnc32)cccc1[N+](=O)[O-]. The van der Waals surface area contributed by atoms with Crippen LogP contribution >= 0.6 is 0 Å². The van der Waals surface area contributed by atoms with Gasteiger partial charge in [0, 0.05) is 23.7 Å². The van der Waals surface area contributed by atoms with E-state index >= 15 is 0 Å². The third kappa shape index (κ3) is 4.20. The molecule has 0 radical (unpaired) electrons. The number of nitrogens with zero attached hydrogens (tertiary/aromatic N) is 5. The van der Waals surface area contributed by atoms with Crippen molar-refractivity contribution < 1.29 is 9.72 Å². The quantitative estimate of drug-likeness (QED) is 0.280. The van der Waals surface area contributed by atoms with Gasteiger partial charge in [-0.05, 0) is 29.3 Å². The summed E-state index contributed by atoms with van der Waals surface area (Å²) in [6, 6.07) is 18.4. The molecule has 5 aromatic rings. The number of nitro benzene ring substituents is 1. The van der Waals surface area contributed by atoms with Crippen LogP contribution in [0.3, 0.4) is 0 Å². The number of carbonyl (C=O) groups excluding carboxylic acids is 1. The average Bonchev–Trinajstić information content (AvgIpc) is 3.29. The number of benzene rings is 3. The van der Waals surface area contributed by atoms with Gasteiger partial charge < -0.3 is 5.32 Å². The Bertz CT molecular complexity index is 1680. The minimum absolute atomic E-state index is 0.107. The molecule has 10 heteroatoms. The molecule has 0 unspecified atom stereocenters. The van der Waals surface area contributed by atoms with Crippen LogP contribution in [0.5, 0.6) is 0 Å². The number of carbonyl (C=O) groups is 1. The van der Waals surface area contributed by atoms with Crippen LogP contribution < -0.4 is 10.9 Å². The van der Waals surface area contributed by atoms with E-state index in [1.165, 1.54) is 24.7 Å². The Hall–Kier alpha value is -4.86. The third-order valence-corrected chi connectivity index (χ3v) is 6.20. The lowest BCUT2D eigenvalue weighted by Crippen LogP contribution is -2.28. The number of amides is 1. The molecule has 180 valence electrons. The lowest BCUT2D eigenvalue weighted by Gasteiger charge is -2.10. The minimum Gasteiger partial charge on any atom is -0.350 e. The van der Waals surface area contributed by atoms with Crippen LogP contribution in [0.25, 0.3) is 21.8 Å². The van der Waals surface area contributed by atoms with Crippen LogP contribution in [0.15, 0.2) is 78.0 Å².